The third-order valence-corrected chi connectivity index (χ3v) is 4.08. The first-order chi connectivity index (χ1) is 9.88. The van der Waals surface area contributed by atoms with Crippen LogP contribution >= 0.6 is 15.9 Å². The standard InChI is InChI=1S/C19H15Br/c20-14-15-10-12-17(13-11-15)19-9-5-4-8-18(19)16-6-2-1-3-7-16/h1-13H,14H2. The first-order valence-corrected chi connectivity index (χ1v) is 7.80. The van der Waals surface area contributed by atoms with E-state index in [1.54, 1.807) is 0 Å². The molecule has 0 aliphatic heterocycles. The molecule has 0 N–H and O–H groups in total. The van der Waals surface area contributed by atoms with E-state index in [-0.39, 0.29) is 0 Å². The maximum Gasteiger partial charge on any atom is 0.0283 e. The Labute approximate surface area is 128 Å². The van der Waals surface area contributed by atoms with Gasteiger partial charge in [0.25, 0.3) is 0 Å². The summed E-state index contributed by atoms with van der Waals surface area (Å²) in [6.07, 6.45) is 0. The van der Waals surface area contributed by atoms with E-state index in [2.05, 4.69) is 94.8 Å². The van der Waals surface area contributed by atoms with Crippen LogP contribution < -0.4 is 0 Å². The van der Waals surface area contributed by atoms with Crippen molar-refractivity contribution in [2.45, 2.75) is 5.33 Å². The molecule has 1 heteroatoms. The zero-order chi connectivity index (χ0) is 13.8. The Morgan fingerprint density at radius 1 is 0.550 bits per heavy atom. The maximum atomic E-state index is 3.49. The van der Waals surface area contributed by atoms with Crippen molar-refractivity contribution >= 4 is 15.9 Å². The molecule has 0 amide bonds. The van der Waals surface area contributed by atoms with Gasteiger partial charge >= 0.3 is 0 Å². The van der Waals surface area contributed by atoms with E-state index in [1.165, 1.54) is 27.8 Å². The van der Waals surface area contributed by atoms with Crippen LogP contribution in [0.15, 0.2) is 78.9 Å². The maximum absolute atomic E-state index is 3.49. The van der Waals surface area contributed by atoms with E-state index in [9.17, 15) is 0 Å². The molecule has 0 saturated heterocycles. The van der Waals surface area contributed by atoms with Gasteiger partial charge in [-0.3, -0.25) is 0 Å². The van der Waals surface area contributed by atoms with E-state index in [0.29, 0.717) is 0 Å². The molecule has 0 fully saturated rings. The lowest BCUT2D eigenvalue weighted by Gasteiger charge is -2.10. The average molecular weight is 323 g/mol. The van der Waals surface area contributed by atoms with Crippen LogP contribution in [0.1, 0.15) is 5.56 Å². The van der Waals surface area contributed by atoms with Gasteiger partial charge in [0.1, 0.15) is 0 Å². The van der Waals surface area contributed by atoms with E-state index >= 15 is 0 Å². The van der Waals surface area contributed by atoms with Crippen LogP contribution in [-0.2, 0) is 5.33 Å². The second-order valence-corrected chi connectivity index (χ2v) is 5.30. The molecule has 0 bridgehead atoms. The highest BCUT2D eigenvalue weighted by Crippen LogP contribution is 2.32. The molecule has 0 nitrogen and oxygen atoms in total. The largest absolute Gasteiger partial charge is 0.0876 e. The molecule has 0 atom stereocenters. The Morgan fingerprint density at radius 2 is 1.05 bits per heavy atom. The quantitative estimate of drug-likeness (QED) is 0.525. The average Bonchev–Trinajstić information content (AvgIpc) is 2.56. The zero-order valence-corrected chi connectivity index (χ0v) is 12.7. The lowest BCUT2D eigenvalue weighted by molar-refractivity contribution is 1.43. The first kappa shape index (κ1) is 13.1. The third kappa shape index (κ3) is 2.68. The lowest BCUT2D eigenvalue weighted by Crippen LogP contribution is -1.85. The smallest absolute Gasteiger partial charge is 0.0283 e. The molecular weight excluding hydrogens is 308 g/mol. The Morgan fingerprint density at radius 3 is 1.60 bits per heavy atom. The summed E-state index contributed by atoms with van der Waals surface area (Å²) in [6, 6.07) is 27.8. The summed E-state index contributed by atoms with van der Waals surface area (Å²) in [5, 5.41) is 0.896. The van der Waals surface area contributed by atoms with Crippen LogP contribution in [0.4, 0.5) is 0 Å². The number of hydrogen-bond donors (Lipinski definition) is 0. The second kappa shape index (κ2) is 6.06. The monoisotopic (exact) mass is 322 g/mol. The van der Waals surface area contributed by atoms with Crippen molar-refractivity contribution < 1.29 is 0 Å². The molecule has 0 aromatic heterocycles. The molecule has 0 spiro atoms. The van der Waals surface area contributed by atoms with Crippen molar-refractivity contribution in [1.82, 2.24) is 0 Å². The highest BCUT2D eigenvalue weighted by atomic mass is 79.9. The van der Waals surface area contributed by atoms with Gasteiger partial charge in [-0.05, 0) is 27.8 Å². The molecule has 0 heterocycles. The molecule has 20 heavy (non-hydrogen) atoms. The van der Waals surface area contributed by atoms with Gasteiger partial charge in [0.05, 0.1) is 0 Å². The van der Waals surface area contributed by atoms with Gasteiger partial charge in [-0.1, -0.05) is 94.8 Å². The van der Waals surface area contributed by atoms with Crippen molar-refractivity contribution in [3.05, 3.63) is 84.4 Å². The summed E-state index contributed by atoms with van der Waals surface area (Å²) in [5.74, 6) is 0. The first-order valence-electron chi connectivity index (χ1n) is 6.68. The van der Waals surface area contributed by atoms with Crippen molar-refractivity contribution in [3.63, 3.8) is 0 Å². The van der Waals surface area contributed by atoms with Gasteiger partial charge in [0.2, 0.25) is 0 Å². The zero-order valence-electron chi connectivity index (χ0n) is 11.1. The molecule has 3 aromatic rings. The van der Waals surface area contributed by atoms with E-state index in [4.69, 9.17) is 0 Å². The van der Waals surface area contributed by atoms with E-state index < -0.39 is 0 Å². The molecule has 98 valence electrons. The highest BCUT2D eigenvalue weighted by molar-refractivity contribution is 9.08. The summed E-state index contributed by atoms with van der Waals surface area (Å²) in [5.41, 5.74) is 6.37. The summed E-state index contributed by atoms with van der Waals surface area (Å²) in [6.45, 7) is 0. The van der Waals surface area contributed by atoms with Gasteiger partial charge < -0.3 is 0 Å². The number of benzene rings is 3. The Bertz CT molecular complexity index is 684. The fourth-order valence-corrected chi connectivity index (χ4v) is 2.75. The van der Waals surface area contributed by atoms with E-state index in [1.807, 2.05) is 0 Å². The predicted octanol–water partition coefficient (Wildman–Crippen LogP) is 5.92. The van der Waals surface area contributed by atoms with Crippen molar-refractivity contribution in [1.29, 1.82) is 0 Å². The fraction of sp³-hybridized carbons (Fsp3) is 0.0526. The second-order valence-electron chi connectivity index (χ2n) is 4.74. The number of hydrogen-bond acceptors (Lipinski definition) is 0. The molecule has 0 saturated carbocycles. The molecule has 3 aromatic carbocycles. The summed E-state index contributed by atoms with van der Waals surface area (Å²) >= 11 is 3.49. The van der Waals surface area contributed by atoms with Gasteiger partial charge in [-0.15, -0.1) is 0 Å². The van der Waals surface area contributed by atoms with Gasteiger partial charge in [-0.25, -0.2) is 0 Å². The number of halogens is 1. The van der Waals surface area contributed by atoms with E-state index in [0.717, 1.165) is 5.33 Å². The van der Waals surface area contributed by atoms with Crippen LogP contribution in [0.25, 0.3) is 22.3 Å². The summed E-state index contributed by atoms with van der Waals surface area (Å²) < 4.78 is 0. The molecular formula is C19H15Br. The molecule has 3 rings (SSSR count). The van der Waals surface area contributed by atoms with Crippen molar-refractivity contribution in [2.75, 3.05) is 0 Å². The third-order valence-electron chi connectivity index (χ3n) is 3.43. The van der Waals surface area contributed by atoms with Gasteiger partial charge in [0, 0.05) is 5.33 Å². The summed E-state index contributed by atoms with van der Waals surface area (Å²) in [4.78, 5) is 0. The van der Waals surface area contributed by atoms with Crippen LogP contribution in [0.5, 0.6) is 0 Å². The van der Waals surface area contributed by atoms with Gasteiger partial charge in [0.15, 0.2) is 0 Å². The van der Waals surface area contributed by atoms with Crippen LogP contribution in [0, 0.1) is 0 Å². The number of alkyl halides is 1. The molecule has 0 aliphatic carbocycles. The van der Waals surface area contributed by atoms with Crippen molar-refractivity contribution in [2.24, 2.45) is 0 Å². The Hall–Kier alpha value is -1.86. The topological polar surface area (TPSA) is 0 Å². The minimum atomic E-state index is 0.896. The van der Waals surface area contributed by atoms with Crippen LogP contribution in [0.2, 0.25) is 0 Å². The van der Waals surface area contributed by atoms with Gasteiger partial charge in [-0.2, -0.15) is 0 Å². The van der Waals surface area contributed by atoms with Crippen LogP contribution in [-0.4, -0.2) is 0 Å². The Kier molecular flexibility index (Phi) is 3.98. The molecule has 0 aliphatic rings. The van der Waals surface area contributed by atoms with Crippen molar-refractivity contribution in [3.8, 4) is 22.3 Å². The minimum Gasteiger partial charge on any atom is -0.0876 e. The fourth-order valence-electron chi connectivity index (χ4n) is 2.38. The Balaban J connectivity index is 2.10. The lowest BCUT2D eigenvalue weighted by atomic mass is 9.94. The SMILES string of the molecule is BrCc1ccc(-c2ccccc2-c2ccccc2)cc1. The minimum absolute atomic E-state index is 0.896. The molecule has 0 radical (unpaired) electrons. The summed E-state index contributed by atoms with van der Waals surface area (Å²) in [7, 11) is 0. The normalized spacial score (nSPS) is 10.4. The number of rotatable bonds is 3. The molecule has 0 unspecified atom stereocenters. The van der Waals surface area contributed by atoms with Crippen LogP contribution in [0.3, 0.4) is 0 Å². The highest BCUT2D eigenvalue weighted by Gasteiger charge is 2.06. The predicted molar refractivity (Wildman–Crippen MR) is 89.9 cm³/mol.